The molecule has 0 radical (unpaired) electrons. The number of aromatic nitrogens is 4. The maximum Gasteiger partial charge on any atom is 0.135 e. The molecule has 5 aromatic heterocycles. The summed E-state index contributed by atoms with van der Waals surface area (Å²) in [7, 11) is 0. The summed E-state index contributed by atoms with van der Waals surface area (Å²) in [6.07, 6.45) is 1.89. The predicted molar refractivity (Wildman–Crippen MR) is 245 cm³/mol. The van der Waals surface area contributed by atoms with Crippen molar-refractivity contribution in [3.05, 3.63) is 194 Å². The fraction of sp³-hybridized carbons (Fsp3) is 0. The van der Waals surface area contributed by atoms with Crippen LogP contribution < -0.4 is 0 Å². The van der Waals surface area contributed by atoms with Crippen molar-refractivity contribution < 1.29 is 4.42 Å². The Morgan fingerprint density at radius 2 is 0.847 bits per heavy atom. The molecule has 0 aliphatic heterocycles. The average Bonchev–Trinajstić information content (AvgIpc) is 4.02. The Bertz CT molecular complexity index is 3830. The Balaban J connectivity index is 0.918. The van der Waals surface area contributed by atoms with Gasteiger partial charge in [-0.25, -0.2) is 0 Å². The van der Waals surface area contributed by atoms with Crippen LogP contribution in [0.2, 0.25) is 0 Å². The van der Waals surface area contributed by atoms with Crippen LogP contribution in [0.15, 0.2) is 208 Å². The molecule has 0 atom stereocenters. The molecule has 13 rings (SSSR count). The Labute approximate surface area is 342 Å². The van der Waals surface area contributed by atoms with Crippen molar-refractivity contribution in [3.63, 3.8) is 0 Å². The molecule has 59 heavy (non-hydrogen) atoms. The minimum Gasteiger partial charge on any atom is -0.456 e. The molecule has 276 valence electrons. The third-order valence-corrected chi connectivity index (χ3v) is 12.9. The van der Waals surface area contributed by atoms with Crippen LogP contribution in [0.3, 0.4) is 0 Å². The van der Waals surface area contributed by atoms with Crippen molar-refractivity contribution in [1.29, 1.82) is 0 Å². The van der Waals surface area contributed by atoms with Crippen LogP contribution in [0.25, 0.3) is 105 Å². The van der Waals surface area contributed by atoms with Gasteiger partial charge in [-0.3, -0.25) is 4.98 Å². The van der Waals surface area contributed by atoms with E-state index < -0.39 is 0 Å². The van der Waals surface area contributed by atoms with E-state index in [2.05, 4.69) is 184 Å². The van der Waals surface area contributed by atoms with Crippen molar-refractivity contribution in [2.75, 3.05) is 0 Å². The van der Waals surface area contributed by atoms with Crippen LogP contribution in [0, 0.1) is 0 Å². The molecule has 0 bridgehead atoms. The van der Waals surface area contributed by atoms with Gasteiger partial charge in [0, 0.05) is 70.8 Å². The zero-order chi connectivity index (χ0) is 38.6. The Kier molecular flexibility index (Phi) is 6.88. The van der Waals surface area contributed by atoms with Crippen LogP contribution in [-0.4, -0.2) is 18.7 Å². The average molecular weight is 773 g/mol. The predicted octanol–water partition coefficient (Wildman–Crippen LogP) is 14.4. The van der Waals surface area contributed by atoms with Crippen molar-refractivity contribution >= 4 is 99.2 Å². The lowest BCUT2D eigenvalue weighted by molar-refractivity contribution is 0.669. The summed E-state index contributed by atoms with van der Waals surface area (Å²) in [6.45, 7) is 0. The summed E-state index contributed by atoms with van der Waals surface area (Å²) in [5.41, 5.74) is 13.1. The summed E-state index contributed by atoms with van der Waals surface area (Å²) in [5, 5.41) is 8.33. The Hall–Kier alpha value is -7.54. The van der Waals surface area contributed by atoms with Gasteiger partial charge in [0.1, 0.15) is 11.2 Å². The topological polar surface area (TPSA) is 40.8 Å². The maximum atomic E-state index is 6.17. The highest BCUT2D eigenvalue weighted by atomic mass is 32.2. The number of furan rings is 1. The molecule has 0 spiro atoms. The third kappa shape index (κ3) is 4.84. The molecule has 0 saturated heterocycles. The molecule has 5 nitrogen and oxygen atoms in total. The molecule has 0 amide bonds. The summed E-state index contributed by atoms with van der Waals surface area (Å²) in [5.74, 6) is 0. The largest absolute Gasteiger partial charge is 0.456 e. The Morgan fingerprint density at radius 1 is 0.339 bits per heavy atom. The SMILES string of the molecule is c1ccc(-n2c3ccc(-n4c5ccccc5c5cc(Sc6ccc7c(c6)c6ccccc6n7-c6ccc7oc8ccccc8c7c6)ccc54)cc3c3ncccc32)cc1. The highest BCUT2D eigenvalue weighted by Crippen LogP contribution is 2.41. The monoisotopic (exact) mass is 772 g/mol. The minimum absolute atomic E-state index is 0.903. The lowest BCUT2D eigenvalue weighted by atomic mass is 10.1. The van der Waals surface area contributed by atoms with Gasteiger partial charge in [-0.15, -0.1) is 0 Å². The molecule has 0 N–H and O–H groups in total. The van der Waals surface area contributed by atoms with Gasteiger partial charge in [0.25, 0.3) is 0 Å². The number of para-hydroxylation sites is 4. The summed E-state index contributed by atoms with van der Waals surface area (Å²) in [6, 6.07) is 67.6. The van der Waals surface area contributed by atoms with Crippen molar-refractivity contribution in [2.45, 2.75) is 9.79 Å². The van der Waals surface area contributed by atoms with Gasteiger partial charge in [-0.2, -0.15) is 0 Å². The van der Waals surface area contributed by atoms with Gasteiger partial charge in [0.05, 0.1) is 38.6 Å². The quantitative estimate of drug-likeness (QED) is 0.175. The van der Waals surface area contributed by atoms with E-state index in [1.54, 1.807) is 0 Å². The molecule has 0 unspecified atom stereocenters. The van der Waals surface area contributed by atoms with Gasteiger partial charge >= 0.3 is 0 Å². The van der Waals surface area contributed by atoms with Crippen molar-refractivity contribution in [2.24, 2.45) is 0 Å². The van der Waals surface area contributed by atoms with E-state index in [9.17, 15) is 0 Å². The minimum atomic E-state index is 0.903. The molecule has 0 aliphatic carbocycles. The first-order valence-corrected chi connectivity index (χ1v) is 20.7. The molecule has 0 fully saturated rings. The second kappa shape index (κ2) is 12.5. The van der Waals surface area contributed by atoms with E-state index in [-0.39, 0.29) is 0 Å². The summed E-state index contributed by atoms with van der Waals surface area (Å²) < 4.78 is 13.3. The van der Waals surface area contributed by atoms with Crippen molar-refractivity contribution in [1.82, 2.24) is 18.7 Å². The Morgan fingerprint density at radius 3 is 1.56 bits per heavy atom. The second-order valence-corrected chi connectivity index (χ2v) is 16.3. The van der Waals surface area contributed by atoms with Gasteiger partial charge in [-0.1, -0.05) is 84.6 Å². The number of pyridine rings is 1. The first-order chi connectivity index (χ1) is 29.2. The van der Waals surface area contributed by atoms with Gasteiger partial charge < -0.3 is 18.1 Å². The first-order valence-electron chi connectivity index (χ1n) is 19.9. The zero-order valence-corrected chi connectivity index (χ0v) is 32.4. The van der Waals surface area contributed by atoms with Gasteiger partial charge in [0.2, 0.25) is 0 Å². The van der Waals surface area contributed by atoms with E-state index in [0.29, 0.717) is 0 Å². The van der Waals surface area contributed by atoms with E-state index >= 15 is 0 Å². The highest BCUT2D eigenvalue weighted by molar-refractivity contribution is 7.99. The van der Waals surface area contributed by atoms with Crippen LogP contribution in [0.4, 0.5) is 0 Å². The molecular formula is C53H32N4OS. The number of hydrogen-bond acceptors (Lipinski definition) is 3. The highest BCUT2D eigenvalue weighted by Gasteiger charge is 2.19. The van der Waals surface area contributed by atoms with E-state index in [0.717, 1.165) is 60.9 Å². The van der Waals surface area contributed by atoms with E-state index in [1.165, 1.54) is 53.4 Å². The lowest BCUT2D eigenvalue weighted by Crippen LogP contribution is -1.95. The van der Waals surface area contributed by atoms with E-state index in [4.69, 9.17) is 9.40 Å². The van der Waals surface area contributed by atoms with Crippen LogP contribution in [-0.2, 0) is 0 Å². The fourth-order valence-corrected chi connectivity index (χ4v) is 10.3. The summed E-state index contributed by atoms with van der Waals surface area (Å²) >= 11 is 1.81. The standard InChI is InChI=1S/C53H32N4OS/c1-2-11-33(12-3-1)55-49-24-20-34(30-44(49)53-50(55)18-10-28-54-53)56-45-16-7-4-13-38(45)41-31-36(22-25-47(41)56)59-37-23-26-48-42(32-37)39-14-5-8-17-46(39)57(48)35-21-27-52-43(29-35)40-15-6-9-19-51(40)58-52/h1-32H. The normalized spacial score (nSPS) is 12.1. The van der Waals surface area contributed by atoms with Gasteiger partial charge in [-0.05, 0) is 115 Å². The third-order valence-electron chi connectivity index (χ3n) is 11.9. The maximum absolute atomic E-state index is 6.17. The number of benzene rings is 8. The number of fused-ring (bicyclic) bond motifs is 12. The summed E-state index contributed by atoms with van der Waals surface area (Å²) in [4.78, 5) is 7.29. The van der Waals surface area contributed by atoms with Crippen LogP contribution in [0.5, 0.6) is 0 Å². The molecule has 6 heteroatoms. The molecular weight excluding hydrogens is 741 g/mol. The molecule has 8 aromatic carbocycles. The van der Waals surface area contributed by atoms with Crippen molar-refractivity contribution in [3.8, 4) is 17.1 Å². The smallest absolute Gasteiger partial charge is 0.135 e. The zero-order valence-electron chi connectivity index (χ0n) is 31.6. The molecule has 13 aromatic rings. The second-order valence-electron chi connectivity index (χ2n) is 15.2. The number of hydrogen-bond donors (Lipinski definition) is 0. The van der Waals surface area contributed by atoms with Gasteiger partial charge in [0.15, 0.2) is 0 Å². The first kappa shape index (κ1) is 32.5. The van der Waals surface area contributed by atoms with E-state index in [1.807, 2.05) is 36.2 Å². The molecule has 5 heterocycles. The molecule has 0 saturated carbocycles. The van der Waals surface area contributed by atoms with Crippen LogP contribution >= 0.6 is 11.8 Å². The number of nitrogens with zero attached hydrogens (tertiary/aromatic N) is 4. The lowest BCUT2D eigenvalue weighted by Gasteiger charge is -2.10. The van der Waals surface area contributed by atoms with Crippen LogP contribution in [0.1, 0.15) is 0 Å². The molecule has 0 aliphatic rings. The fourth-order valence-electron chi connectivity index (χ4n) is 9.39. The number of rotatable bonds is 5.